The first-order valence-corrected chi connectivity index (χ1v) is 5.37. The van der Waals surface area contributed by atoms with Gasteiger partial charge in [-0.15, -0.1) is 11.6 Å². The Bertz CT molecular complexity index is 483. The van der Waals surface area contributed by atoms with Gasteiger partial charge in [-0.25, -0.2) is 0 Å². The predicted molar refractivity (Wildman–Crippen MR) is 66.1 cm³/mol. The summed E-state index contributed by atoms with van der Waals surface area (Å²) in [6.07, 6.45) is 5.84. The van der Waals surface area contributed by atoms with Crippen molar-refractivity contribution < 1.29 is 0 Å². The summed E-state index contributed by atoms with van der Waals surface area (Å²) in [5.74, 6) is 0. The zero-order valence-electron chi connectivity index (χ0n) is 8.52. The van der Waals surface area contributed by atoms with Crippen LogP contribution in [0.25, 0.3) is 17.0 Å². The Labute approximate surface area is 94.4 Å². The normalized spacial score (nSPS) is 13.5. The van der Waals surface area contributed by atoms with Crippen LogP contribution in [0, 0.1) is 0 Å². The Kier molecular flexibility index (Phi) is 3.02. The Morgan fingerprint density at radius 3 is 2.87 bits per heavy atom. The minimum absolute atomic E-state index is 0.0527. The molecule has 0 aliphatic rings. The summed E-state index contributed by atoms with van der Waals surface area (Å²) >= 11 is 5.88. The number of benzene rings is 1. The zero-order chi connectivity index (χ0) is 10.7. The molecule has 0 saturated carbocycles. The number of halogens is 1. The van der Waals surface area contributed by atoms with Crippen molar-refractivity contribution in [2.45, 2.75) is 12.3 Å². The van der Waals surface area contributed by atoms with Crippen LogP contribution in [0.4, 0.5) is 0 Å². The summed E-state index contributed by atoms with van der Waals surface area (Å²) in [4.78, 5) is 4.30. The van der Waals surface area contributed by atoms with Gasteiger partial charge in [-0.2, -0.15) is 0 Å². The second-order valence-corrected chi connectivity index (χ2v) is 4.14. The van der Waals surface area contributed by atoms with Gasteiger partial charge in [-0.05, 0) is 24.6 Å². The number of pyridine rings is 1. The third-order valence-corrected chi connectivity index (χ3v) is 2.37. The van der Waals surface area contributed by atoms with Crippen molar-refractivity contribution in [2.24, 2.45) is 0 Å². The summed E-state index contributed by atoms with van der Waals surface area (Å²) < 4.78 is 0. The van der Waals surface area contributed by atoms with E-state index in [0.29, 0.717) is 0 Å². The van der Waals surface area contributed by atoms with Crippen molar-refractivity contribution in [3.8, 4) is 0 Å². The molecule has 1 aromatic heterocycles. The van der Waals surface area contributed by atoms with Gasteiger partial charge in [-0.3, -0.25) is 4.98 Å². The average molecular weight is 218 g/mol. The van der Waals surface area contributed by atoms with Crippen molar-refractivity contribution in [3.05, 3.63) is 48.2 Å². The topological polar surface area (TPSA) is 12.9 Å². The van der Waals surface area contributed by atoms with Gasteiger partial charge >= 0.3 is 0 Å². The number of aromatic nitrogens is 1. The molecule has 1 heterocycles. The highest BCUT2D eigenvalue weighted by Crippen LogP contribution is 2.17. The highest BCUT2D eigenvalue weighted by atomic mass is 35.5. The fourth-order valence-corrected chi connectivity index (χ4v) is 1.57. The molecule has 2 rings (SSSR count). The van der Waals surface area contributed by atoms with Crippen LogP contribution in [-0.2, 0) is 0 Å². The van der Waals surface area contributed by atoms with Crippen LogP contribution < -0.4 is 0 Å². The number of rotatable bonds is 2. The van der Waals surface area contributed by atoms with Crippen molar-refractivity contribution in [3.63, 3.8) is 0 Å². The van der Waals surface area contributed by atoms with Crippen LogP contribution in [0.3, 0.4) is 0 Å². The summed E-state index contributed by atoms with van der Waals surface area (Å²) in [6, 6.07) is 10.1. The molecule has 1 unspecified atom stereocenters. The molecule has 1 aromatic carbocycles. The molecule has 15 heavy (non-hydrogen) atoms. The van der Waals surface area contributed by atoms with Crippen LogP contribution in [0.5, 0.6) is 0 Å². The van der Waals surface area contributed by atoms with Gasteiger partial charge in [0.05, 0.1) is 5.52 Å². The van der Waals surface area contributed by atoms with Gasteiger partial charge in [0, 0.05) is 17.0 Å². The molecule has 0 aliphatic heterocycles. The van der Waals surface area contributed by atoms with Gasteiger partial charge in [0.15, 0.2) is 0 Å². The zero-order valence-corrected chi connectivity index (χ0v) is 9.28. The van der Waals surface area contributed by atoms with Crippen molar-refractivity contribution in [1.82, 2.24) is 4.98 Å². The Balaban J connectivity index is 2.51. The molecular weight excluding hydrogens is 206 g/mol. The lowest BCUT2D eigenvalue weighted by molar-refractivity contribution is 1.24. The van der Waals surface area contributed by atoms with E-state index < -0.39 is 0 Å². The molecule has 0 radical (unpaired) electrons. The Morgan fingerprint density at radius 2 is 2.07 bits per heavy atom. The van der Waals surface area contributed by atoms with E-state index in [9.17, 15) is 0 Å². The molecule has 1 atom stereocenters. The monoisotopic (exact) mass is 217 g/mol. The quantitative estimate of drug-likeness (QED) is 0.696. The van der Waals surface area contributed by atoms with Gasteiger partial charge in [0.25, 0.3) is 0 Å². The first kappa shape index (κ1) is 10.2. The van der Waals surface area contributed by atoms with E-state index in [1.54, 1.807) is 0 Å². The average Bonchev–Trinajstić information content (AvgIpc) is 2.26. The number of para-hydroxylation sites is 1. The lowest BCUT2D eigenvalue weighted by Crippen LogP contribution is -1.84. The fourth-order valence-electron chi connectivity index (χ4n) is 1.50. The molecule has 2 aromatic rings. The molecule has 1 nitrogen and oxygen atoms in total. The van der Waals surface area contributed by atoms with Crippen LogP contribution in [0.15, 0.2) is 42.6 Å². The number of hydrogen-bond donors (Lipinski definition) is 0. The third kappa shape index (κ3) is 2.37. The van der Waals surface area contributed by atoms with Crippen molar-refractivity contribution in [1.29, 1.82) is 0 Å². The van der Waals surface area contributed by atoms with Gasteiger partial charge in [0.1, 0.15) is 0 Å². The number of fused-ring (bicyclic) bond motifs is 1. The molecule has 0 N–H and O–H groups in total. The summed E-state index contributed by atoms with van der Waals surface area (Å²) in [5.41, 5.74) is 2.18. The number of allylic oxidation sites excluding steroid dienone is 1. The van der Waals surface area contributed by atoms with E-state index >= 15 is 0 Å². The molecule has 76 valence electrons. The molecule has 2 heteroatoms. The molecule has 0 fully saturated rings. The van der Waals surface area contributed by atoms with Crippen molar-refractivity contribution >= 4 is 28.6 Å². The fraction of sp³-hybridized carbons (Fsp3) is 0.154. The first-order chi connectivity index (χ1) is 7.27. The molecule has 0 saturated heterocycles. The SMILES string of the molecule is CC(Cl)/C=C/c1ccnc2ccccc12. The van der Waals surface area contributed by atoms with E-state index in [0.717, 1.165) is 16.5 Å². The van der Waals surface area contributed by atoms with Crippen LogP contribution in [0.1, 0.15) is 12.5 Å². The van der Waals surface area contributed by atoms with Crippen LogP contribution in [-0.4, -0.2) is 10.4 Å². The Morgan fingerprint density at radius 1 is 1.27 bits per heavy atom. The molecule has 0 spiro atoms. The van der Waals surface area contributed by atoms with E-state index in [-0.39, 0.29) is 5.38 Å². The van der Waals surface area contributed by atoms with Gasteiger partial charge in [0.2, 0.25) is 0 Å². The predicted octanol–water partition coefficient (Wildman–Crippen LogP) is 3.88. The molecular formula is C13H12ClN. The smallest absolute Gasteiger partial charge is 0.0707 e. The van der Waals surface area contributed by atoms with E-state index in [1.165, 1.54) is 0 Å². The van der Waals surface area contributed by atoms with E-state index in [2.05, 4.69) is 11.1 Å². The van der Waals surface area contributed by atoms with Crippen LogP contribution in [0.2, 0.25) is 0 Å². The highest BCUT2D eigenvalue weighted by molar-refractivity contribution is 6.21. The number of alkyl halides is 1. The largest absolute Gasteiger partial charge is 0.256 e. The summed E-state index contributed by atoms with van der Waals surface area (Å²) in [6.45, 7) is 1.95. The number of hydrogen-bond acceptors (Lipinski definition) is 1. The summed E-state index contributed by atoms with van der Waals surface area (Å²) in [5, 5.41) is 1.21. The highest BCUT2D eigenvalue weighted by Gasteiger charge is 1.97. The standard InChI is InChI=1S/C13H12ClN/c1-10(14)6-7-11-8-9-15-13-5-3-2-4-12(11)13/h2-10H,1H3/b7-6+. The second-order valence-electron chi connectivity index (χ2n) is 3.45. The van der Waals surface area contributed by atoms with Crippen molar-refractivity contribution in [2.75, 3.05) is 0 Å². The lowest BCUT2D eigenvalue weighted by atomic mass is 10.1. The molecule has 0 amide bonds. The van der Waals surface area contributed by atoms with Gasteiger partial charge in [-0.1, -0.05) is 30.4 Å². The minimum atomic E-state index is 0.0527. The van der Waals surface area contributed by atoms with Crippen LogP contribution >= 0.6 is 11.6 Å². The maximum absolute atomic E-state index is 5.88. The third-order valence-electron chi connectivity index (χ3n) is 2.22. The second kappa shape index (κ2) is 4.45. The lowest BCUT2D eigenvalue weighted by Gasteiger charge is -2.01. The maximum atomic E-state index is 5.88. The minimum Gasteiger partial charge on any atom is -0.256 e. The Hall–Kier alpha value is -1.34. The first-order valence-electron chi connectivity index (χ1n) is 4.93. The maximum Gasteiger partial charge on any atom is 0.0707 e. The van der Waals surface area contributed by atoms with E-state index in [4.69, 9.17) is 11.6 Å². The number of nitrogens with zero attached hydrogens (tertiary/aromatic N) is 1. The molecule has 0 aliphatic carbocycles. The summed E-state index contributed by atoms with van der Waals surface area (Å²) in [7, 11) is 0. The van der Waals surface area contributed by atoms with E-state index in [1.807, 2.05) is 49.5 Å². The van der Waals surface area contributed by atoms with Gasteiger partial charge < -0.3 is 0 Å². The molecule has 0 bridgehead atoms.